The summed E-state index contributed by atoms with van der Waals surface area (Å²) in [6, 6.07) is 6.48. The molecule has 1 aliphatic rings. The molecular weight excluding hydrogens is 296 g/mol. The van der Waals surface area contributed by atoms with E-state index in [1.807, 2.05) is 0 Å². The molecule has 0 bridgehead atoms. The number of halogens is 2. The minimum atomic E-state index is -2.82. The molecule has 8 heteroatoms. The van der Waals surface area contributed by atoms with Crippen molar-refractivity contribution in [3.8, 4) is 0 Å². The van der Waals surface area contributed by atoms with Crippen LogP contribution < -0.4 is 10.6 Å². The van der Waals surface area contributed by atoms with Gasteiger partial charge in [-0.25, -0.2) is 4.79 Å². The van der Waals surface area contributed by atoms with E-state index in [0.29, 0.717) is 5.69 Å². The summed E-state index contributed by atoms with van der Waals surface area (Å²) in [5.74, 6) is -0.0950. The smallest absolute Gasteiger partial charge is 0.345 e. The number of likely N-dealkylation sites (tertiary alicyclic amines) is 1. The predicted molar refractivity (Wildman–Crippen MR) is 75.7 cm³/mol. The summed E-state index contributed by atoms with van der Waals surface area (Å²) in [6.07, 6.45) is -0.343. The highest BCUT2D eigenvalue weighted by molar-refractivity contribution is 5.90. The number of carbonyl (C=O) groups excluding carboxylic acids is 2. The lowest BCUT2D eigenvalue weighted by Crippen LogP contribution is -2.56. The van der Waals surface area contributed by atoms with Gasteiger partial charge in [-0.15, -0.1) is 0 Å². The number of anilines is 1. The van der Waals surface area contributed by atoms with Gasteiger partial charge in [0.25, 0.3) is 0 Å². The van der Waals surface area contributed by atoms with Crippen molar-refractivity contribution in [3.63, 3.8) is 0 Å². The largest absolute Gasteiger partial charge is 0.359 e. The molecule has 6 nitrogen and oxygen atoms in total. The van der Waals surface area contributed by atoms with Gasteiger partial charge < -0.3 is 20.3 Å². The number of likely N-dealkylation sites (N-methyl/N-ethyl adjacent to an activating group) is 1. The topological polar surface area (TPSA) is 70.7 Å². The van der Waals surface area contributed by atoms with Gasteiger partial charge in [0.1, 0.15) is 0 Å². The second-order valence-corrected chi connectivity index (χ2v) is 4.90. The van der Waals surface area contributed by atoms with Crippen molar-refractivity contribution in [1.82, 2.24) is 10.2 Å². The lowest BCUT2D eigenvalue weighted by molar-refractivity contribution is -0.188. The molecular formula is C14H17F2N3O3. The SMILES string of the molecule is CNC(=O)Cc1ccc(NC(=O)N2CC(OC(F)F)C2)cc1. The van der Waals surface area contributed by atoms with Crippen LogP contribution >= 0.6 is 0 Å². The van der Waals surface area contributed by atoms with Gasteiger partial charge in [-0.3, -0.25) is 4.79 Å². The highest BCUT2D eigenvalue weighted by Gasteiger charge is 2.33. The molecule has 22 heavy (non-hydrogen) atoms. The number of carbonyl (C=O) groups is 2. The predicted octanol–water partition coefficient (Wildman–Crippen LogP) is 1.43. The Balaban J connectivity index is 1.79. The van der Waals surface area contributed by atoms with Crippen molar-refractivity contribution < 1.29 is 23.1 Å². The molecule has 0 radical (unpaired) electrons. The fraction of sp³-hybridized carbons (Fsp3) is 0.429. The van der Waals surface area contributed by atoms with E-state index >= 15 is 0 Å². The van der Waals surface area contributed by atoms with Crippen molar-refractivity contribution in [2.24, 2.45) is 0 Å². The zero-order valence-electron chi connectivity index (χ0n) is 12.0. The highest BCUT2D eigenvalue weighted by atomic mass is 19.3. The molecule has 1 saturated heterocycles. The first kappa shape index (κ1) is 16.2. The van der Waals surface area contributed by atoms with E-state index in [1.54, 1.807) is 31.3 Å². The van der Waals surface area contributed by atoms with Crippen LogP contribution in [0.2, 0.25) is 0 Å². The van der Waals surface area contributed by atoms with Gasteiger partial charge in [0.05, 0.1) is 25.6 Å². The van der Waals surface area contributed by atoms with Crippen molar-refractivity contribution in [3.05, 3.63) is 29.8 Å². The molecule has 1 heterocycles. The van der Waals surface area contributed by atoms with Crippen LogP contribution in [0.4, 0.5) is 19.3 Å². The lowest BCUT2D eigenvalue weighted by Gasteiger charge is -2.38. The number of rotatable bonds is 5. The summed E-state index contributed by atoms with van der Waals surface area (Å²) in [5, 5.41) is 5.18. The first-order valence-electron chi connectivity index (χ1n) is 6.77. The Labute approximate surface area is 126 Å². The van der Waals surface area contributed by atoms with Crippen LogP contribution in [0.3, 0.4) is 0 Å². The van der Waals surface area contributed by atoms with Crippen LogP contribution in [0.15, 0.2) is 24.3 Å². The second kappa shape index (κ2) is 7.17. The lowest BCUT2D eigenvalue weighted by atomic mass is 10.1. The maximum absolute atomic E-state index is 12.0. The van der Waals surface area contributed by atoms with Crippen LogP contribution in [-0.2, 0) is 16.0 Å². The summed E-state index contributed by atoms with van der Waals surface area (Å²) in [4.78, 5) is 24.5. The average molecular weight is 313 g/mol. The van der Waals surface area contributed by atoms with Gasteiger partial charge in [-0.05, 0) is 17.7 Å². The Hall–Kier alpha value is -2.22. The molecule has 1 aliphatic heterocycles. The normalized spacial score (nSPS) is 14.6. The molecule has 0 atom stereocenters. The highest BCUT2D eigenvalue weighted by Crippen LogP contribution is 2.17. The molecule has 0 unspecified atom stereocenters. The molecule has 3 amide bonds. The van der Waals surface area contributed by atoms with E-state index in [1.165, 1.54) is 4.90 Å². The van der Waals surface area contributed by atoms with E-state index in [0.717, 1.165) is 5.56 Å². The molecule has 0 aliphatic carbocycles. The van der Waals surface area contributed by atoms with Gasteiger partial charge in [0.15, 0.2) is 0 Å². The van der Waals surface area contributed by atoms with Gasteiger partial charge in [0, 0.05) is 12.7 Å². The van der Waals surface area contributed by atoms with E-state index in [4.69, 9.17) is 0 Å². The maximum atomic E-state index is 12.0. The molecule has 0 spiro atoms. The number of ether oxygens (including phenoxy) is 1. The zero-order valence-corrected chi connectivity index (χ0v) is 12.0. The number of hydrogen-bond donors (Lipinski definition) is 2. The van der Waals surface area contributed by atoms with Gasteiger partial charge in [-0.2, -0.15) is 8.78 Å². The number of nitrogens with one attached hydrogen (secondary N) is 2. The van der Waals surface area contributed by atoms with Crippen LogP contribution in [-0.4, -0.2) is 49.7 Å². The Bertz CT molecular complexity index is 531. The van der Waals surface area contributed by atoms with Gasteiger partial charge in [0.2, 0.25) is 5.91 Å². The van der Waals surface area contributed by atoms with Crippen LogP contribution in [0.1, 0.15) is 5.56 Å². The van der Waals surface area contributed by atoms with E-state index in [-0.39, 0.29) is 31.4 Å². The second-order valence-electron chi connectivity index (χ2n) is 4.90. The first-order chi connectivity index (χ1) is 10.5. The Morgan fingerprint density at radius 3 is 2.50 bits per heavy atom. The van der Waals surface area contributed by atoms with Gasteiger partial charge >= 0.3 is 12.6 Å². The summed E-state index contributed by atoms with van der Waals surface area (Å²) >= 11 is 0. The van der Waals surface area contributed by atoms with Crippen molar-refractivity contribution in [1.29, 1.82) is 0 Å². The van der Waals surface area contributed by atoms with E-state index in [9.17, 15) is 18.4 Å². The number of hydrogen-bond acceptors (Lipinski definition) is 3. The van der Waals surface area contributed by atoms with Crippen molar-refractivity contribution in [2.75, 3.05) is 25.5 Å². The molecule has 1 aromatic rings. The monoisotopic (exact) mass is 313 g/mol. The number of nitrogens with zero attached hydrogens (tertiary/aromatic N) is 1. The third-order valence-electron chi connectivity index (χ3n) is 3.28. The summed E-state index contributed by atoms with van der Waals surface area (Å²) in [5.41, 5.74) is 1.40. The van der Waals surface area contributed by atoms with E-state index < -0.39 is 12.7 Å². The maximum Gasteiger partial charge on any atom is 0.345 e. The van der Waals surface area contributed by atoms with E-state index in [2.05, 4.69) is 15.4 Å². The summed E-state index contributed by atoms with van der Waals surface area (Å²) < 4.78 is 28.2. The van der Waals surface area contributed by atoms with Crippen LogP contribution in [0, 0.1) is 0 Å². The number of amides is 3. The third-order valence-corrected chi connectivity index (χ3v) is 3.28. The quantitative estimate of drug-likeness (QED) is 0.864. The Morgan fingerprint density at radius 1 is 1.32 bits per heavy atom. The Kier molecular flexibility index (Phi) is 5.26. The molecule has 0 saturated carbocycles. The summed E-state index contributed by atoms with van der Waals surface area (Å²) in [6.45, 7) is -2.53. The minimum Gasteiger partial charge on any atom is -0.359 e. The Morgan fingerprint density at radius 2 is 1.95 bits per heavy atom. The average Bonchev–Trinajstić information content (AvgIpc) is 2.44. The van der Waals surface area contributed by atoms with Crippen LogP contribution in [0.25, 0.3) is 0 Å². The van der Waals surface area contributed by atoms with Gasteiger partial charge in [-0.1, -0.05) is 12.1 Å². The third kappa shape index (κ3) is 4.39. The number of benzene rings is 1. The minimum absolute atomic E-state index is 0.0950. The molecule has 1 fully saturated rings. The fourth-order valence-electron chi connectivity index (χ4n) is 2.02. The molecule has 1 aromatic carbocycles. The van der Waals surface area contributed by atoms with Crippen LogP contribution in [0.5, 0.6) is 0 Å². The molecule has 2 rings (SSSR count). The standard InChI is InChI=1S/C14H17F2N3O3/c1-17-12(20)6-9-2-4-10(5-3-9)18-14(21)19-7-11(8-19)22-13(15)16/h2-5,11,13H,6-8H2,1H3,(H,17,20)(H,18,21). The fourth-order valence-corrected chi connectivity index (χ4v) is 2.02. The van der Waals surface area contributed by atoms with Crippen molar-refractivity contribution in [2.45, 2.75) is 19.1 Å². The summed E-state index contributed by atoms with van der Waals surface area (Å²) in [7, 11) is 1.56. The zero-order chi connectivity index (χ0) is 16.1. The first-order valence-corrected chi connectivity index (χ1v) is 6.77. The number of urea groups is 1. The molecule has 2 N–H and O–H groups in total. The number of alkyl halides is 2. The van der Waals surface area contributed by atoms with Crippen molar-refractivity contribution >= 4 is 17.6 Å². The molecule has 0 aromatic heterocycles. The molecule has 120 valence electrons.